The van der Waals surface area contributed by atoms with Gasteiger partial charge in [0.25, 0.3) is 0 Å². The number of para-hydroxylation sites is 1. The fourth-order valence-corrected chi connectivity index (χ4v) is 2.98. The number of alkyl halides is 3. The first-order chi connectivity index (χ1) is 12.2. The van der Waals surface area contributed by atoms with E-state index in [0.717, 1.165) is 24.3 Å². The van der Waals surface area contributed by atoms with E-state index in [1.165, 1.54) is 0 Å². The quantitative estimate of drug-likeness (QED) is 0.764. The third-order valence-corrected chi connectivity index (χ3v) is 4.55. The molecule has 0 aromatic heterocycles. The molecule has 1 amide bonds. The van der Waals surface area contributed by atoms with Crippen molar-refractivity contribution in [2.24, 2.45) is 0 Å². The molecule has 140 valence electrons. The summed E-state index contributed by atoms with van der Waals surface area (Å²) in [5.41, 5.74) is 0.584. The van der Waals surface area contributed by atoms with Gasteiger partial charge in [-0.25, -0.2) is 13.1 Å². The maximum atomic E-state index is 12.1. The van der Waals surface area contributed by atoms with Crippen molar-refractivity contribution < 1.29 is 31.1 Å². The predicted molar refractivity (Wildman–Crippen MR) is 88.0 cm³/mol. The molecule has 0 aliphatic carbocycles. The molecule has 2 rings (SSSR count). The van der Waals surface area contributed by atoms with Crippen LogP contribution >= 0.6 is 0 Å². The highest BCUT2D eigenvalue weighted by atomic mass is 32.2. The fraction of sp³-hybridized carbons (Fsp3) is 0.188. The van der Waals surface area contributed by atoms with Crippen LogP contribution in [-0.4, -0.2) is 27.2 Å². The number of halogens is 3. The number of ether oxygens (including phenoxy) is 1. The Morgan fingerprint density at radius 1 is 1.00 bits per heavy atom. The average molecular weight is 388 g/mol. The second kappa shape index (κ2) is 8.19. The fourth-order valence-electron chi connectivity index (χ4n) is 1.95. The summed E-state index contributed by atoms with van der Waals surface area (Å²) in [5.74, 6) is -0.911. The van der Waals surface area contributed by atoms with Crippen LogP contribution in [0.3, 0.4) is 0 Å². The molecule has 0 unspecified atom stereocenters. The van der Waals surface area contributed by atoms with Gasteiger partial charge >= 0.3 is 6.36 Å². The number of carbonyl (C=O) groups is 1. The van der Waals surface area contributed by atoms with Crippen molar-refractivity contribution in [2.75, 3.05) is 11.9 Å². The maximum absolute atomic E-state index is 12.1. The third kappa shape index (κ3) is 6.37. The Morgan fingerprint density at radius 3 is 2.19 bits per heavy atom. The van der Waals surface area contributed by atoms with Crippen LogP contribution in [0.1, 0.15) is 6.42 Å². The second-order valence-corrected chi connectivity index (χ2v) is 6.85. The number of rotatable bonds is 7. The van der Waals surface area contributed by atoms with Gasteiger partial charge in [-0.05, 0) is 36.4 Å². The number of hydrogen-bond donors (Lipinski definition) is 2. The van der Waals surface area contributed by atoms with Crippen LogP contribution in [-0.2, 0) is 14.8 Å². The minimum atomic E-state index is -4.86. The Balaban J connectivity index is 1.87. The smallest absolute Gasteiger partial charge is 0.406 e. The Kier molecular flexibility index (Phi) is 6.22. The van der Waals surface area contributed by atoms with Crippen LogP contribution in [0.15, 0.2) is 59.5 Å². The second-order valence-electron chi connectivity index (χ2n) is 5.08. The van der Waals surface area contributed by atoms with E-state index in [2.05, 4.69) is 14.8 Å². The molecule has 0 bridgehead atoms. The van der Waals surface area contributed by atoms with Crippen LogP contribution in [0.2, 0.25) is 0 Å². The van der Waals surface area contributed by atoms with E-state index in [1.54, 1.807) is 30.3 Å². The summed E-state index contributed by atoms with van der Waals surface area (Å²) >= 11 is 0. The lowest BCUT2D eigenvalue weighted by atomic mass is 10.3. The van der Waals surface area contributed by atoms with E-state index < -0.39 is 22.1 Å². The number of benzene rings is 2. The third-order valence-electron chi connectivity index (χ3n) is 3.07. The molecule has 26 heavy (non-hydrogen) atoms. The van der Waals surface area contributed by atoms with Crippen LogP contribution in [0.4, 0.5) is 18.9 Å². The molecule has 0 radical (unpaired) electrons. The van der Waals surface area contributed by atoms with Crippen molar-refractivity contribution in [3.05, 3.63) is 54.6 Å². The van der Waals surface area contributed by atoms with Gasteiger partial charge in [0.1, 0.15) is 5.75 Å². The molecule has 2 aromatic rings. The lowest BCUT2D eigenvalue weighted by Gasteiger charge is -2.10. The molecular formula is C16H15F3N2O4S. The first-order valence-electron chi connectivity index (χ1n) is 7.36. The molecule has 2 aromatic carbocycles. The summed E-state index contributed by atoms with van der Waals surface area (Å²) in [4.78, 5) is 11.5. The van der Waals surface area contributed by atoms with Crippen LogP contribution in [0.5, 0.6) is 5.75 Å². The summed E-state index contributed by atoms with van der Waals surface area (Å²) in [6, 6.07) is 12.4. The molecule has 0 atom stereocenters. The zero-order chi connectivity index (χ0) is 19.2. The van der Waals surface area contributed by atoms with E-state index in [0.29, 0.717) is 5.69 Å². The number of hydrogen-bond acceptors (Lipinski definition) is 4. The molecule has 0 aliphatic heterocycles. The molecule has 10 heteroatoms. The summed E-state index contributed by atoms with van der Waals surface area (Å²) < 4.78 is 66.3. The number of amides is 1. The molecular weight excluding hydrogens is 373 g/mol. The summed E-state index contributed by atoms with van der Waals surface area (Å²) in [5, 5.41) is 2.60. The van der Waals surface area contributed by atoms with Crippen molar-refractivity contribution >= 4 is 21.6 Å². The van der Waals surface area contributed by atoms with Gasteiger partial charge in [0.2, 0.25) is 15.9 Å². The standard InChI is InChI=1S/C16H15F3N2O4S/c17-16(18,19)25-13-6-8-14(9-7-13)26(23,24)20-11-10-15(22)21-12-4-2-1-3-5-12/h1-9,20H,10-11H2,(H,21,22). The Morgan fingerprint density at radius 2 is 1.62 bits per heavy atom. The van der Waals surface area contributed by atoms with Gasteiger partial charge in [-0.2, -0.15) is 0 Å². The van der Waals surface area contributed by atoms with Gasteiger partial charge in [-0.1, -0.05) is 18.2 Å². The topological polar surface area (TPSA) is 84.5 Å². The van der Waals surface area contributed by atoms with Gasteiger partial charge in [-0.3, -0.25) is 4.79 Å². The molecule has 6 nitrogen and oxygen atoms in total. The Bertz CT molecular complexity index is 838. The van der Waals surface area contributed by atoms with E-state index in [9.17, 15) is 26.4 Å². The molecule has 0 saturated heterocycles. The molecule has 0 aliphatic rings. The lowest BCUT2D eigenvalue weighted by Crippen LogP contribution is -2.27. The number of sulfonamides is 1. The van der Waals surface area contributed by atoms with E-state index in [4.69, 9.17) is 0 Å². The number of nitrogens with one attached hydrogen (secondary N) is 2. The number of anilines is 1. The predicted octanol–water partition coefficient (Wildman–Crippen LogP) is 2.89. The van der Waals surface area contributed by atoms with Crippen LogP contribution in [0, 0.1) is 0 Å². The van der Waals surface area contributed by atoms with Gasteiger partial charge in [-0.15, -0.1) is 13.2 Å². The highest BCUT2D eigenvalue weighted by molar-refractivity contribution is 7.89. The van der Waals surface area contributed by atoms with Crippen molar-refractivity contribution in [3.63, 3.8) is 0 Å². The first-order valence-corrected chi connectivity index (χ1v) is 8.84. The largest absolute Gasteiger partial charge is 0.573 e. The molecule has 0 saturated carbocycles. The molecule has 0 spiro atoms. The van der Waals surface area contributed by atoms with Gasteiger partial charge in [0.15, 0.2) is 0 Å². The lowest BCUT2D eigenvalue weighted by molar-refractivity contribution is -0.274. The van der Waals surface area contributed by atoms with E-state index in [-0.39, 0.29) is 23.8 Å². The zero-order valence-corrected chi connectivity index (χ0v) is 14.1. The van der Waals surface area contributed by atoms with Crippen molar-refractivity contribution in [1.82, 2.24) is 4.72 Å². The zero-order valence-electron chi connectivity index (χ0n) is 13.3. The van der Waals surface area contributed by atoms with E-state index >= 15 is 0 Å². The SMILES string of the molecule is O=C(CCNS(=O)(=O)c1ccc(OC(F)(F)F)cc1)Nc1ccccc1. The van der Waals surface area contributed by atoms with E-state index in [1.807, 2.05) is 0 Å². The molecule has 0 heterocycles. The first kappa shape index (κ1) is 19.7. The molecule has 0 fully saturated rings. The van der Waals surface area contributed by atoms with Crippen LogP contribution < -0.4 is 14.8 Å². The van der Waals surface area contributed by atoms with Crippen molar-refractivity contribution in [2.45, 2.75) is 17.7 Å². The Hall–Kier alpha value is -2.59. The maximum Gasteiger partial charge on any atom is 0.573 e. The van der Waals surface area contributed by atoms with Crippen molar-refractivity contribution in [3.8, 4) is 5.75 Å². The minimum absolute atomic E-state index is 0.108. The van der Waals surface area contributed by atoms with Gasteiger partial charge in [0, 0.05) is 18.7 Å². The summed E-state index contributed by atoms with van der Waals surface area (Å²) in [6.07, 6.45) is -4.96. The summed E-state index contributed by atoms with van der Waals surface area (Å²) in [7, 11) is -3.96. The average Bonchev–Trinajstić information content (AvgIpc) is 2.54. The Labute approximate surface area is 148 Å². The number of carbonyl (C=O) groups excluding carboxylic acids is 1. The van der Waals surface area contributed by atoms with Crippen LogP contribution in [0.25, 0.3) is 0 Å². The highest BCUT2D eigenvalue weighted by Gasteiger charge is 2.31. The van der Waals surface area contributed by atoms with Gasteiger partial charge < -0.3 is 10.1 Å². The van der Waals surface area contributed by atoms with Gasteiger partial charge in [0.05, 0.1) is 4.90 Å². The van der Waals surface area contributed by atoms with Crippen molar-refractivity contribution in [1.29, 1.82) is 0 Å². The monoisotopic (exact) mass is 388 g/mol. The normalized spacial score (nSPS) is 11.8. The highest BCUT2D eigenvalue weighted by Crippen LogP contribution is 2.23. The minimum Gasteiger partial charge on any atom is -0.406 e. The molecule has 2 N–H and O–H groups in total. The summed E-state index contributed by atoms with van der Waals surface area (Å²) in [6.45, 7) is -0.165.